The van der Waals surface area contributed by atoms with Gasteiger partial charge in [0.2, 0.25) is 0 Å². The number of aliphatic hydroxyl groups is 1. The first-order valence-corrected chi connectivity index (χ1v) is 6.48. The number of nitrogens with one attached hydrogen (secondary N) is 2. The van der Waals surface area contributed by atoms with Crippen molar-refractivity contribution in [2.45, 2.75) is 33.0 Å². The summed E-state index contributed by atoms with van der Waals surface area (Å²) in [6.45, 7) is 5.81. The molecule has 0 saturated carbocycles. The van der Waals surface area contributed by atoms with Crippen LogP contribution in [0.25, 0.3) is 0 Å². The van der Waals surface area contributed by atoms with Crippen molar-refractivity contribution in [3.8, 4) is 0 Å². The van der Waals surface area contributed by atoms with Gasteiger partial charge in [-0.3, -0.25) is 0 Å². The van der Waals surface area contributed by atoms with Crippen LogP contribution in [0.4, 0.5) is 24.8 Å². The number of nitrogens with zero attached hydrogens (tertiary/aromatic N) is 1. The van der Waals surface area contributed by atoms with Gasteiger partial charge in [-0.2, -0.15) is 13.2 Å². The average Bonchev–Trinajstić information content (AvgIpc) is 2.36. The van der Waals surface area contributed by atoms with Crippen LogP contribution >= 0.6 is 0 Å². The first-order chi connectivity index (χ1) is 9.27. The van der Waals surface area contributed by atoms with E-state index >= 15 is 0 Å². The van der Waals surface area contributed by atoms with Gasteiger partial charge in [0.05, 0.1) is 5.56 Å². The molecule has 2 unspecified atom stereocenters. The van der Waals surface area contributed by atoms with Gasteiger partial charge in [-0.1, -0.05) is 6.92 Å². The van der Waals surface area contributed by atoms with E-state index in [4.69, 9.17) is 5.11 Å². The zero-order chi connectivity index (χ0) is 15.3. The summed E-state index contributed by atoms with van der Waals surface area (Å²) in [5.74, 6) is 0.228. The fourth-order valence-corrected chi connectivity index (χ4v) is 1.57. The van der Waals surface area contributed by atoms with Gasteiger partial charge in [0.15, 0.2) is 0 Å². The zero-order valence-corrected chi connectivity index (χ0v) is 11.8. The monoisotopic (exact) mass is 291 g/mol. The summed E-state index contributed by atoms with van der Waals surface area (Å²) in [5, 5.41) is 14.7. The molecule has 0 radical (unpaired) electrons. The molecule has 0 aliphatic carbocycles. The molecule has 4 nitrogen and oxygen atoms in total. The Morgan fingerprint density at radius 1 is 1.25 bits per heavy atom. The number of alkyl halides is 3. The van der Waals surface area contributed by atoms with Gasteiger partial charge in [0.1, 0.15) is 11.6 Å². The molecule has 1 aromatic rings. The van der Waals surface area contributed by atoms with Crippen molar-refractivity contribution >= 4 is 11.6 Å². The zero-order valence-electron chi connectivity index (χ0n) is 11.8. The smallest absolute Gasteiger partial charge is 0.396 e. The molecule has 114 valence electrons. The highest BCUT2D eigenvalue weighted by molar-refractivity contribution is 5.50. The number of hydrogen-bond donors (Lipinski definition) is 3. The fraction of sp³-hybridized carbons (Fsp3) is 0.615. The lowest BCUT2D eigenvalue weighted by atomic mass is 10.1. The molecule has 0 saturated heterocycles. The minimum atomic E-state index is -4.42. The molecule has 0 fully saturated rings. The molecule has 0 aliphatic heterocycles. The van der Waals surface area contributed by atoms with Gasteiger partial charge >= 0.3 is 6.18 Å². The predicted molar refractivity (Wildman–Crippen MR) is 72.7 cm³/mol. The van der Waals surface area contributed by atoms with Gasteiger partial charge in [-0.25, -0.2) is 4.98 Å². The average molecular weight is 291 g/mol. The Hall–Kier alpha value is -1.50. The summed E-state index contributed by atoms with van der Waals surface area (Å²) in [6.07, 6.45) is -4.42. The van der Waals surface area contributed by atoms with Crippen LogP contribution in [0.15, 0.2) is 12.1 Å². The minimum Gasteiger partial charge on any atom is -0.396 e. The highest BCUT2D eigenvalue weighted by Gasteiger charge is 2.31. The van der Waals surface area contributed by atoms with Crippen LogP contribution in [0, 0.1) is 5.92 Å². The molecule has 0 bridgehead atoms. The second-order valence-corrected chi connectivity index (χ2v) is 4.75. The standard InChI is InChI=1S/C13H20F3N3O/c1-4-17-11-5-10(13(14,15)16)6-12(19-11)18-9(3)8(2)7-20/h5-6,8-9,20H,4,7H2,1-3H3,(H2,17,18,19). The SMILES string of the molecule is CCNc1cc(C(F)(F)F)cc(NC(C)C(C)CO)n1. The third kappa shape index (κ3) is 4.56. The number of rotatable bonds is 6. The van der Waals surface area contributed by atoms with Crippen LogP contribution in [0.3, 0.4) is 0 Å². The third-order valence-corrected chi connectivity index (χ3v) is 3.03. The molecule has 0 spiro atoms. The molecule has 0 amide bonds. The number of aromatic nitrogens is 1. The molecule has 7 heteroatoms. The summed E-state index contributed by atoms with van der Waals surface area (Å²) >= 11 is 0. The molecule has 20 heavy (non-hydrogen) atoms. The van der Waals surface area contributed by atoms with E-state index < -0.39 is 11.7 Å². The Morgan fingerprint density at radius 2 is 1.85 bits per heavy atom. The van der Waals surface area contributed by atoms with Gasteiger partial charge < -0.3 is 15.7 Å². The number of hydrogen-bond acceptors (Lipinski definition) is 4. The third-order valence-electron chi connectivity index (χ3n) is 3.03. The number of halogens is 3. The highest BCUT2D eigenvalue weighted by Crippen LogP contribution is 2.32. The molecular weight excluding hydrogens is 271 g/mol. The van der Waals surface area contributed by atoms with Crippen molar-refractivity contribution in [1.82, 2.24) is 4.98 Å². The number of anilines is 2. The second kappa shape index (κ2) is 6.78. The van der Waals surface area contributed by atoms with E-state index in [1.807, 2.05) is 0 Å². The van der Waals surface area contributed by atoms with Crippen LogP contribution in [0.1, 0.15) is 26.3 Å². The first-order valence-electron chi connectivity index (χ1n) is 6.48. The fourth-order valence-electron chi connectivity index (χ4n) is 1.57. The number of pyridine rings is 1. The maximum atomic E-state index is 12.8. The highest BCUT2D eigenvalue weighted by atomic mass is 19.4. The van der Waals surface area contributed by atoms with E-state index in [9.17, 15) is 13.2 Å². The Morgan fingerprint density at radius 3 is 2.35 bits per heavy atom. The van der Waals surface area contributed by atoms with Crippen LogP contribution in [-0.2, 0) is 6.18 Å². The summed E-state index contributed by atoms with van der Waals surface area (Å²) in [4.78, 5) is 4.09. The van der Waals surface area contributed by atoms with E-state index in [0.29, 0.717) is 6.54 Å². The van der Waals surface area contributed by atoms with E-state index in [0.717, 1.165) is 12.1 Å². The van der Waals surface area contributed by atoms with Gasteiger partial charge in [-0.15, -0.1) is 0 Å². The molecule has 1 heterocycles. The molecule has 0 aliphatic rings. The lowest BCUT2D eigenvalue weighted by Gasteiger charge is -2.21. The molecule has 1 aromatic heterocycles. The Balaban J connectivity index is 3.03. The van der Waals surface area contributed by atoms with Crippen molar-refractivity contribution < 1.29 is 18.3 Å². The molecular formula is C13H20F3N3O. The Labute approximate surface area is 116 Å². The second-order valence-electron chi connectivity index (χ2n) is 4.75. The van der Waals surface area contributed by atoms with Crippen molar-refractivity contribution in [3.05, 3.63) is 17.7 Å². The normalized spacial score (nSPS) is 14.8. The maximum Gasteiger partial charge on any atom is 0.416 e. The maximum absolute atomic E-state index is 12.8. The Bertz CT molecular complexity index is 437. The van der Waals surface area contributed by atoms with Gasteiger partial charge in [-0.05, 0) is 31.9 Å². The number of aliphatic hydroxyl groups excluding tert-OH is 1. The van der Waals surface area contributed by atoms with Gasteiger partial charge in [0, 0.05) is 19.2 Å². The minimum absolute atomic E-state index is 0.0484. The van der Waals surface area contributed by atoms with Crippen molar-refractivity contribution in [3.63, 3.8) is 0 Å². The Kier molecular flexibility index (Phi) is 5.62. The van der Waals surface area contributed by atoms with E-state index in [1.54, 1.807) is 20.8 Å². The van der Waals surface area contributed by atoms with Gasteiger partial charge in [0.25, 0.3) is 0 Å². The molecule has 3 N–H and O–H groups in total. The van der Waals surface area contributed by atoms with Crippen LogP contribution in [0.2, 0.25) is 0 Å². The lowest BCUT2D eigenvalue weighted by Crippen LogP contribution is -2.27. The quantitative estimate of drug-likeness (QED) is 0.754. The largest absolute Gasteiger partial charge is 0.416 e. The van der Waals surface area contributed by atoms with Crippen molar-refractivity contribution in [2.75, 3.05) is 23.8 Å². The summed E-state index contributed by atoms with van der Waals surface area (Å²) in [6, 6.07) is 1.77. The predicted octanol–water partition coefficient (Wildman–Crippen LogP) is 2.96. The lowest BCUT2D eigenvalue weighted by molar-refractivity contribution is -0.137. The summed E-state index contributed by atoms with van der Waals surface area (Å²) in [7, 11) is 0. The van der Waals surface area contributed by atoms with Crippen molar-refractivity contribution in [1.29, 1.82) is 0 Å². The molecule has 1 rings (SSSR count). The van der Waals surface area contributed by atoms with Crippen LogP contribution in [-0.4, -0.2) is 29.3 Å². The first kappa shape index (κ1) is 16.6. The summed E-state index contributed by atoms with van der Waals surface area (Å²) in [5.41, 5.74) is -0.755. The van der Waals surface area contributed by atoms with E-state index in [1.165, 1.54) is 0 Å². The topological polar surface area (TPSA) is 57.2 Å². The van der Waals surface area contributed by atoms with Crippen LogP contribution in [0.5, 0.6) is 0 Å². The van der Waals surface area contributed by atoms with Crippen molar-refractivity contribution in [2.24, 2.45) is 5.92 Å². The van der Waals surface area contributed by atoms with E-state index in [2.05, 4.69) is 15.6 Å². The molecule has 0 aromatic carbocycles. The molecule has 2 atom stereocenters. The van der Waals surface area contributed by atoms with Crippen LogP contribution < -0.4 is 10.6 Å². The summed E-state index contributed by atoms with van der Waals surface area (Å²) < 4.78 is 38.5. The van der Waals surface area contributed by atoms with E-state index in [-0.39, 0.29) is 30.2 Å².